The van der Waals surface area contributed by atoms with Gasteiger partial charge in [0.25, 0.3) is 5.56 Å². The summed E-state index contributed by atoms with van der Waals surface area (Å²) in [7, 11) is 0. The van der Waals surface area contributed by atoms with E-state index in [9.17, 15) is 4.79 Å². The molecule has 0 N–H and O–H groups in total. The smallest absolute Gasteiger partial charge is 0.267 e. The van der Waals surface area contributed by atoms with Gasteiger partial charge in [0.2, 0.25) is 0 Å². The van der Waals surface area contributed by atoms with Crippen LogP contribution in [0.3, 0.4) is 0 Å². The molecule has 4 rings (SSSR count). The van der Waals surface area contributed by atoms with E-state index in [-0.39, 0.29) is 5.56 Å². The van der Waals surface area contributed by atoms with E-state index >= 15 is 0 Å². The van der Waals surface area contributed by atoms with Crippen LogP contribution in [0.1, 0.15) is 10.4 Å². The minimum absolute atomic E-state index is 0.0250. The Morgan fingerprint density at radius 3 is 2.82 bits per heavy atom. The van der Waals surface area contributed by atoms with Crippen molar-refractivity contribution in [2.45, 2.75) is 19.0 Å². The molecule has 148 valence electrons. The van der Waals surface area contributed by atoms with Gasteiger partial charge >= 0.3 is 0 Å². The molecular formula is C20H22ClN3O2S2. The lowest BCUT2D eigenvalue weighted by molar-refractivity contribution is 0.0410. The van der Waals surface area contributed by atoms with Crippen LogP contribution in [-0.2, 0) is 4.74 Å². The molecule has 0 atom stereocenters. The number of hydrogen-bond acceptors (Lipinski definition) is 6. The van der Waals surface area contributed by atoms with Crippen molar-refractivity contribution in [1.82, 2.24) is 14.5 Å². The van der Waals surface area contributed by atoms with Gasteiger partial charge in [-0.25, -0.2) is 4.98 Å². The van der Waals surface area contributed by atoms with E-state index < -0.39 is 0 Å². The molecule has 1 aromatic carbocycles. The predicted molar refractivity (Wildman–Crippen MR) is 118 cm³/mol. The van der Waals surface area contributed by atoms with E-state index in [4.69, 9.17) is 21.3 Å². The van der Waals surface area contributed by atoms with E-state index in [0.717, 1.165) is 59.6 Å². The Morgan fingerprint density at radius 1 is 1.29 bits per heavy atom. The van der Waals surface area contributed by atoms with Crippen molar-refractivity contribution in [3.8, 4) is 5.69 Å². The van der Waals surface area contributed by atoms with E-state index in [1.165, 1.54) is 0 Å². The van der Waals surface area contributed by atoms with E-state index in [2.05, 4.69) is 4.90 Å². The van der Waals surface area contributed by atoms with E-state index in [0.29, 0.717) is 15.6 Å². The molecule has 1 aliphatic rings. The molecular weight excluding hydrogens is 414 g/mol. The Morgan fingerprint density at radius 2 is 2.07 bits per heavy atom. The summed E-state index contributed by atoms with van der Waals surface area (Å²) in [6, 6.07) is 7.40. The Labute approximate surface area is 177 Å². The number of benzene rings is 1. The summed E-state index contributed by atoms with van der Waals surface area (Å²) < 4.78 is 7.12. The molecule has 1 fully saturated rings. The van der Waals surface area contributed by atoms with Crippen LogP contribution in [0.5, 0.6) is 0 Å². The fraction of sp³-hybridized carbons (Fsp3) is 0.400. The molecule has 2 aromatic heterocycles. The average molecular weight is 436 g/mol. The molecule has 0 spiro atoms. The van der Waals surface area contributed by atoms with E-state index in [1.807, 2.05) is 38.1 Å². The number of halogens is 1. The Bertz CT molecular complexity index is 1060. The van der Waals surface area contributed by atoms with Crippen LogP contribution >= 0.6 is 34.7 Å². The van der Waals surface area contributed by atoms with Crippen LogP contribution in [0, 0.1) is 13.8 Å². The highest BCUT2D eigenvalue weighted by Gasteiger charge is 2.19. The lowest BCUT2D eigenvalue weighted by Crippen LogP contribution is -2.37. The van der Waals surface area contributed by atoms with Crippen molar-refractivity contribution in [3.05, 3.63) is 50.1 Å². The predicted octanol–water partition coefficient (Wildman–Crippen LogP) is 4.14. The number of fused-ring (bicyclic) bond motifs is 1. The quantitative estimate of drug-likeness (QED) is 0.445. The second kappa shape index (κ2) is 8.55. The first kappa shape index (κ1) is 19.9. The summed E-state index contributed by atoms with van der Waals surface area (Å²) in [5.41, 5.74) is 1.74. The Balaban J connectivity index is 1.73. The normalized spacial score (nSPS) is 15.4. The van der Waals surface area contributed by atoms with Gasteiger partial charge in [-0.3, -0.25) is 14.3 Å². The lowest BCUT2D eigenvalue weighted by Gasteiger charge is -2.26. The number of rotatable bonds is 5. The molecule has 0 aliphatic carbocycles. The van der Waals surface area contributed by atoms with Crippen molar-refractivity contribution >= 4 is 44.9 Å². The number of ether oxygens (including phenoxy) is 1. The summed E-state index contributed by atoms with van der Waals surface area (Å²) in [6.07, 6.45) is 0. The molecule has 0 saturated carbocycles. The standard InChI is InChI=1S/C20H22ClN3O2S2/c1-13-14(2)28-18-17(13)19(25)24(16-5-3-4-15(21)12-16)20(22-18)27-11-8-23-6-9-26-10-7-23/h3-5,12H,6-11H2,1-2H3. The Kier molecular flexibility index (Phi) is 6.08. The number of thioether (sulfide) groups is 1. The summed E-state index contributed by atoms with van der Waals surface area (Å²) >= 11 is 9.40. The summed E-state index contributed by atoms with van der Waals surface area (Å²) in [5.74, 6) is 0.863. The van der Waals surface area contributed by atoms with E-state index in [1.54, 1.807) is 27.7 Å². The minimum Gasteiger partial charge on any atom is -0.379 e. The van der Waals surface area contributed by atoms with Gasteiger partial charge in [-0.15, -0.1) is 11.3 Å². The minimum atomic E-state index is -0.0250. The third-order valence-electron chi connectivity index (χ3n) is 4.98. The SMILES string of the molecule is Cc1sc2nc(SCCN3CCOCC3)n(-c3cccc(Cl)c3)c(=O)c2c1C. The topological polar surface area (TPSA) is 47.4 Å². The van der Waals surface area contributed by atoms with Gasteiger partial charge in [0.1, 0.15) is 4.83 Å². The maximum Gasteiger partial charge on any atom is 0.267 e. The highest BCUT2D eigenvalue weighted by Crippen LogP contribution is 2.30. The van der Waals surface area contributed by atoms with Crippen molar-refractivity contribution < 1.29 is 4.74 Å². The molecule has 5 nitrogen and oxygen atoms in total. The first-order valence-corrected chi connectivity index (χ1v) is 11.4. The molecule has 1 aliphatic heterocycles. The van der Waals surface area contributed by atoms with Crippen molar-refractivity contribution in [2.24, 2.45) is 0 Å². The fourth-order valence-electron chi connectivity index (χ4n) is 3.31. The summed E-state index contributed by atoms with van der Waals surface area (Å²) in [4.78, 5) is 22.6. The molecule has 0 amide bonds. The second-order valence-electron chi connectivity index (χ2n) is 6.78. The molecule has 0 bridgehead atoms. The largest absolute Gasteiger partial charge is 0.379 e. The third kappa shape index (κ3) is 4.00. The maximum absolute atomic E-state index is 13.4. The fourth-order valence-corrected chi connectivity index (χ4v) is 5.57. The van der Waals surface area contributed by atoms with Gasteiger partial charge in [-0.2, -0.15) is 0 Å². The third-order valence-corrected chi connectivity index (χ3v) is 7.24. The van der Waals surface area contributed by atoms with Crippen molar-refractivity contribution in [3.63, 3.8) is 0 Å². The zero-order valence-corrected chi connectivity index (χ0v) is 18.3. The molecule has 8 heteroatoms. The van der Waals surface area contributed by atoms with Crippen LogP contribution in [0.25, 0.3) is 15.9 Å². The Hall–Kier alpha value is -1.38. The van der Waals surface area contributed by atoms with Crippen LogP contribution in [0.4, 0.5) is 0 Å². The number of nitrogens with zero attached hydrogens (tertiary/aromatic N) is 3. The average Bonchev–Trinajstić information content (AvgIpc) is 2.97. The van der Waals surface area contributed by atoms with Gasteiger partial charge < -0.3 is 4.74 Å². The first-order chi connectivity index (χ1) is 13.5. The lowest BCUT2D eigenvalue weighted by atomic mass is 10.2. The van der Waals surface area contributed by atoms with Crippen molar-refractivity contribution in [1.29, 1.82) is 0 Å². The van der Waals surface area contributed by atoms with Crippen molar-refractivity contribution in [2.75, 3.05) is 38.6 Å². The zero-order chi connectivity index (χ0) is 19.7. The first-order valence-electron chi connectivity index (χ1n) is 9.26. The molecule has 1 saturated heterocycles. The molecule has 0 unspecified atom stereocenters. The molecule has 3 aromatic rings. The molecule has 3 heterocycles. The number of thiophene rings is 1. The highest BCUT2D eigenvalue weighted by atomic mass is 35.5. The number of morpholine rings is 1. The summed E-state index contributed by atoms with van der Waals surface area (Å²) in [5, 5.41) is 2.03. The molecule has 28 heavy (non-hydrogen) atoms. The number of hydrogen-bond donors (Lipinski definition) is 0. The van der Waals surface area contributed by atoms with Gasteiger partial charge in [0, 0.05) is 35.3 Å². The van der Waals surface area contributed by atoms with Crippen LogP contribution in [0.2, 0.25) is 5.02 Å². The van der Waals surface area contributed by atoms with Crippen LogP contribution in [0.15, 0.2) is 34.2 Å². The van der Waals surface area contributed by atoms with Gasteiger partial charge in [0.05, 0.1) is 24.3 Å². The van der Waals surface area contributed by atoms with Gasteiger partial charge in [-0.1, -0.05) is 29.4 Å². The summed E-state index contributed by atoms with van der Waals surface area (Å²) in [6.45, 7) is 8.46. The van der Waals surface area contributed by atoms with Gasteiger partial charge in [0.15, 0.2) is 5.16 Å². The zero-order valence-electron chi connectivity index (χ0n) is 15.9. The monoisotopic (exact) mass is 435 g/mol. The number of aryl methyl sites for hydroxylation is 2. The highest BCUT2D eigenvalue weighted by molar-refractivity contribution is 7.99. The molecule has 0 radical (unpaired) electrons. The van der Waals surface area contributed by atoms with Crippen LogP contribution < -0.4 is 5.56 Å². The maximum atomic E-state index is 13.4. The van der Waals surface area contributed by atoms with Crippen LogP contribution in [-0.4, -0.2) is 53.1 Å². The number of aromatic nitrogens is 2. The van der Waals surface area contributed by atoms with Gasteiger partial charge in [-0.05, 0) is 37.6 Å². The second-order valence-corrected chi connectivity index (χ2v) is 9.48.